The Morgan fingerprint density at radius 3 is 2.58 bits per heavy atom. The van der Waals surface area contributed by atoms with E-state index in [-0.39, 0.29) is 24.2 Å². The smallest absolute Gasteiger partial charge is 0.310 e. The van der Waals surface area contributed by atoms with Gasteiger partial charge in [-0.15, -0.1) is 12.4 Å². The van der Waals surface area contributed by atoms with E-state index >= 15 is 0 Å². The minimum absolute atomic E-state index is 0. The summed E-state index contributed by atoms with van der Waals surface area (Å²) in [6.07, 6.45) is 5.70. The van der Waals surface area contributed by atoms with Gasteiger partial charge in [-0.2, -0.15) is 0 Å². The van der Waals surface area contributed by atoms with E-state index in [0.717, 1.165) is 12.8 Å². The van der Waals surface area contributed by atoms with E-state index in [0.29, 0.717) is 5.75 Å². The average molecular weight is 288 g/mol. The highest BCUT2D eigenvalue weighted by atomic mass is 35.5. The van der Waals surface area contributed by atoms with Gasteiger partial charge in [-0.05, 0) is 25.8 Å². The van der Waals surface area contributed by atoms with Crippen LogP contribution in [0.4, 0.5) is 5.69 Å². The summed E-state index contributed by atoms with van der Waals surface area (Å²) in [5.74, 6) is 0.366. The highest BCUT2D eigenvalue weighted by molar-refractivity contribution is 5.85. The lowest BCUT2D eigenvalue weighted by atomic mass is 10.1. The summed E-state index contributed by atoms with van der Waals surface area (Å²) in [4.78, 5) is 10.4. The maximum absolute atomic E-state index is 10.8. The van der Waals surface area contributed by atoms with Crippen LogP contribution in [0.5, 0.6) is 5.75 Å². The second-order valence-corrected chi connectivity index (χ2v) is 4.50. The highest BCUT2D eigenvalue weighted by Gasteiger charge is 2.15. The van der Waals surface area contributed by atoms with Gasteiger partial charge in [0.05, 0.1) is 11.0 Å². The minimum atomic E-state index is -0.404. The molecule has 1 rings (SSSR count). The SMILES string of the molecule is CCCCCCC(C)Oc1ccccc1[N+](=O)[O-].Cl. The van der Waals surface area contributed by atoms with Crippen LogP contribution in [0.15, 0.2) is 24.3 Å². The van der Waals surface area contributed by atoms with Gasteiger partial charge in [0.2, 0.25) is 0 Å². The van der Waals surface area contributed by atoms with Gasteiger partial charge in [-0.1, -0.05) is 38.3 Å². The van der Waals surface area contributed by atoms with Crippen molar-refractivity contribution in [2.75, 3.05) is 0 Å². The molecule has 19 heavy (non-hydrogen) atoms. The Bertz CT molecular complexity index is 385. The van der Waals surface area contributed by atoms with Gasteiger partial charge in [-0.3, -0.25) is 10.1 Å². The number of ether oxygens (including phenoxy) is 1. The molecule has 0 aliphatic rings. The second-order valence-electron chi connectivity index (χ2n) is 4.50. The molecule has 0 bridgehead atoms. The number of nitro benzene ring substituents is 1. The van der Waals surface area contributed by atoms with Crippen LogP contribution in [-0.2, 0) is 0 Å². The molecule has 0 saturated heterocycles. The van der Waals surface area contributed by atoms with Crippen LogP contribution in [0.3, 0.4) is 0 Å². The first-order valence-corrected chi connectivity index (χ1v) is 6.55. The molecular formula is C14H22ClNO3. The van der Waals surface area contributed by atoms with Crippen molar-refractivity contribution >= 4 is 18.1 Å². The van der Waals surface area contributed by atoms with Gasteiger partial charge in [0.1, 0.15) is 0 Å². The van der Waals surface area contributed by atoms with Gasteiger partial charge in [0.25, 0.3) is 0 Å². The Morgan fingerprint density at radius 1 is 1.26 bits per heavy atom. The number of hydrogen-bond acceptors (Lipinski definition) is 3. The Morgan fingerprint density at radius 2 is 1.95 bits per heavy atom. The molecule has 0 aliphatic carbocycles. The molecular weight excluding hydrogens is 266 g/mol. The fourth-order valence-corrected chi connectivity index (χ4v) is 1.84. The first-order valence-electron chi connectivity index (χ1n) is 6.55. The van der Waals surface area contributed by atoms with Gasteiger partial charge in [0, 0.05) is 6.07 Å². The van der Waals surface area contributed by atoms with Gasteiger partial charge >= 0.3 is 5.69 Å². The zero-order valence-corrected chi connectivity index (χ0v) is 12.3. The zero-order valence-electron chi connectivity index (χ0n) is 11.5. The quantitative estimate of drug-likeness (QED) is 0.394. The van der Waals surface area contributed by atoms with E-state index in [9.17, 15) is 10.1 Å². The summed E-state index contributed by atoms with van der Waals surface area (Å²) in [6, 6.07) is 6.53. The zero-order chi connectivity index (χ0) is 13.4. The maximum Gasteiger partial charge on any atom is 0.310 e. The van der Waals surface area contributed by atoms with Crippen molar-refractivity contribution in [1.82, 2.24) is 0 Å². The number of unbranched alkanes of at least 4 members (excludes halogenated alkanes) is 3. The van der Waals surface area contributed by atoms with Crippen molar-refractivity contribution in [3.63, 3.8) is 0 Å². The Hall–Kier alpha value is -1.29. The molecule has 0 saturated carbocycles. The summed E-state index contributed by atoms with van der Waals surface area (Å²) in [5.41, 5.74) is 0.0397. The van der Waals surface area contributed by atoms with Crippen molar-refractivity contribution in [3.05, 3.63) is 34.4 Å². The molecule has 4 nitrogen and oxygen atoms in total. The number of hydrogen-bond donors (Lipinski definition) is 0. The molecule has 0 radical (unpaired) electrons. The van der Waals surface area contributed by atoms with Crippen LogP contribution >= 0.6 is 12.4 Å². The Labute approximate surface area is 120 Å². The summed E-state index contributed by atoms with van der Waals surface area (Å²) in [5, 5.41) is 10.8. The van der Waals surface area contributed by atoms with Crippen molar-refractivity contribution in [2.24, 2.45) is 0 Å². The highest BCUT2D eigenvalue weighted by Crippen LogP contribution is 2.27. The minimum Gasteiger partial charge on any atom is -0.484 e. The van der Waals surface area contributed by atoms with Gasteiger partial charge in [-0.25, -0.2) is 0 Å². The fourth-order valence-electron chi connectivity index (χ4n) is 1.84. The van der Waals surface area contributed by atoms with Crippen molar-refractivity contribution < 1.29 is 9.66 Å². The molecule has 0 heterocycles. The molecule has 0 fully saturated rings. The summed E-state index contributed by atoms with van der Waals surface area (Å²) < 4.78 is 5.65. The molecule has 108 valence electrons. The number of nitro groups is 1. The molecule has 1 aromatic carbocycles. The van der Waals surface area contributed by atoms with Crippen LogP contribution in [0.1, 0.15) is 46.0 Å². The predicted octanol–water partition coefficient (Wildman–Crippen LogP) is 4.75. The number of nitrogens with zero attached hydrogens (tertiary/aromatic N) is 1. The monoisotopic (exact) mass is 287 g/mol. The third kappa shape index (κ3) is 6.43. The van der Waals surface area contributed by atoms with Crippen LogP contribution in [0.25, 0.3) is 0 Å². The van der Waals surface area contributed by atoms with Crippen molar-refractivity contribution in [2.45, 2.75) is 52.1 Å². The summed E-state index contributed by atoms with van der Waals surface area (Å²) >= 11 is 0. The van der Waals surface area contributed by atoms with Gasteiger partial charge in [0.15, 0.2) is 5.75 Å². The lowest BCUT2D eigenvalue weighted by Gasteiger charge is -2.14. The Kier molecular flexibility index (Phi) is 8.96. The number of halogens is 1. The molecule has 5 heteroatoms. The lowest BCUT2D eigenvalue weighted by molar-refractivity contribution is -0.386. The van der Waals surface area contributed by atoms with Crippen LogP contribution in [0, 0.1) is 10.1 Å². The molecule has 0 N–H and O–H groups in total. The molecule has 0 spiro atoms. The predicted molar refractivity (Wildman–Crippen MR) is 79.2 cm³/mol. The number of para-hydroxylation sites is 2. The fraction of sp³-hybridized carbons (Fsp3) is 0.571. The van der Waals surface area contributed by atoms with E-state index in [4.69, 9.17) is 4.74 Å². The number of rotatable bonds is 8. The van der Waals surface area contributed by atoms with E-state index in [1.807, 2.05) is 6.92 Å². The van der Waals surface area contributed by atoms with E-state index in [1.54, 1.807) is 18.2 Å². The maximum atomic E-state index is 10.8. The van der Waals surface area contributed by atoms with Gasteiger partial charge < -0.3 is 4.74 Å². The first kappa shape index (κ1) is 17.7. The third-order valence-electron chi connectivity index (χ3n) is 2.85. The third-order valence-corrected chi connectivity index (χ3v) is 2.85. The van der Waals surface area contributed by atoms with E-state index in [1.165, 1.54) is 25.3 Å². The molecule has 0 aliphatic heterocycles. The largest absolute Gasteiger partial charge is 0.484 e. The molecule has 0 aromatic heterocycles. The van der Waals surface area contributed by atoms with Crippen LogP contribution in [0.2, 0.25) is 0 Å². The van der Waals surface area contributed by atoms with E-state index in [2.05, 4.69) is 6.92 Å². The second kappa shape index (κ2) is 9.62. The molecule has 1 unspecified atom stereocenters. The standard InChI is InChI=1S/C14H21NO3.ClH/c1-3-4-5-6-9-12(2)18-14-11-8-7-10-13(14)15(16)17;/h7-8,10-12H,3-6,9H2,1-2H3;1H. The Balaban J connectivity index is 0.00000324. The molecule has 0 amide bonds. The molecule has 1 aromatic rings. The summed E-state index contributed by atoms with van der Waals surface area (Å²) in [6.45, 7) is 4.13. The normalized spacial score (nSPS) is 11.5. The average Bonchev–Trinajstić information content (AvgIpc) is 2.35. The lowest BCUT2D eigenvalue weighted by Crippen LogP contribution is -2.12. The summed E-state index contributed by atoms with van der Waals surface area (Å²) in [7, 11) is 0. The van der Waals surface area contributed by atoms with E-state index < -0.39 is 4.92 Å². The molecule has 1 atom stereocenters. The van der Waals surface area contributed by atoms with Crippen molar-refractivity contribution in [3.8, 4) is 5.75 Å². The van der Waals surface area contributed by atoms with Crippen molar-refractivity contribution in [1.29, 1.82) is 0 Å². The van der Waals surface area contributed by atoms with Crippen LogP contribution in [-0.4, -0.2) is 11.0 Å². The topological polar surface area (TPSA) is 52.4 Å². The van der Waals surface area contributed by atoms with Crippen LogP contribution < -0.4 is 4.74 Å². The number of benzene rings is 1. The first-order chi connectivity index (χ1) is 8.65.